The van der Waals surface area contributed by atoms with Crippen molar-refractivity contribution in [3.05, 3.63) is 35.9 Å². The lowest BCUT2D eigenvalue weighted by Crippen LogP contribution is -2.47. The SMILES string of the molecule is CCOC(OCC)C(O)(c1ccccc1)C(C)C. The maximum absolute atomic E-state index is 11.0. The molecule has 0 bridgehead atoms. The van der Waals surface area contributed by atoms with Crippen LogP contribution in [0.15, 0.2) is 30.3 Å². The Balaban J connectivity index is 3.12. The average molecular weight is 252 g/mol. The lowest BCUT2D eigenvalue weighted by molar-refractivity contribution is -0.255. The van der Waals surface area contributed by atoms with Crippen LogP contribution in [-0.4, -0.2) is 24.6 Å². The van der Waals surface area contributed by atoms with Gasteiger partial charge in [0.2, 0.25) is 0 Å². The smallest absolute Gasteiger partial charge is 0.190 e. The summed E-state index contributed by atoms with van der Waals surface area (Å²) in [6.07, 6.45) is -0.644. The molecule has 1 unspecified atom stereocenters. The highest BCUT2D eigenvalue weighted by molar-refractivity contribution is 5.24. The Morgan fingerprint density at radius 1 is 1.06 bits per heavy atom. The van der Waals surface area contributed by atoms with Gasteiger partial charge in [0.25, 0.3) is 0 Å². The fraction of sp³-hybridized carbons (Fsp3) is 0.600. The van der Waals surface area contributed by atoms with Crippen molar-refractivity contribution < 1.29 is 14.6 Å². The summed E-state index contributed by atoms with van der Waals surface area (Å²) in [5.74, 6) is -0.0111. The Bertz CT molecular complexity index is 331. The second kappa shape index (κ2) is 6.88. The van der Waals surface area contributed by atoms with Crippen LogP contribution in [0, 0.1) is 5.92 Å². The van der Waals surface area contributed by atoms with E-state index in [0.717, 1.165) is 5.56 Å². The summed E-state index contributed by atoms with van der Waals surface area (Å²) >= 11 is 0. The quantitative estimate of drug-likeness (QED) is 0.758. The summed E-state index contributed by atoms with van der Waals surface area (Å²) in [4.78, 5) is 0. The van der Waals surface area contributed by atoms with Crippen molar-refractivity contribution >= 4 is 0 Å². The Morgan fingerprint density at radius 2 is 1.56 bits per heavy atom. The molecule has 102 valence electrons. The maximum Gasteiger partial charge on any atom is 0.190 e. The van der Waals surface area contributed by atoms with Gasteiger partial charge < -0.3 is 14.6 Å². The molecule has 3 heteroatoms. The molecule has 1 rings (SSSR count). The number of benzene rings is 1. The molecule has 3 nitrogen and oxygen atoms in total. The molecule has 0 fully saturated rings. The minimum absolute atomic E-state index is 0.0111. The first-order chi connectivity index (χ1) is 8.57. The molecule has 0 aliphatic heterocycles. The first-order valence-electron chi connectivity index (χ1n) is 6.58. The van der Waals surface area contributed by atoms with Crippen LogP contribution >= 0.6 is 0 Å². The molecule has 1 aromatic rings. The van der Waals surface area contributed by atoms with E-state index in [9.17, 15) is 5.11 Å². The van der Waals surface area contributed by atoms with Crippen molar-refractivity contribution in [2.45, 2.75) is 39.6 Å². The van der Waals surface area contributed by atoms with Gasteiger partial charge in [-0.05, 0) is 25.3 Å². The third-order valence-corrected chi connectivity index (χ3v) is 3.11. The lowest BCUT2D eigenvalue weighted by Gasteiger charge is -2.39. The first-order valence-corrected chi connectivity index (χ1v) is 6.58. The topological polar surface area (TPSA) is 38.7 Å². The monoisotopic (exact) mass is 252 g/mol. The van der Waals surface area contributed by atoms with Crippen molar-refractivity contribution in [2.75, 3.05) is 13.2 Å². The number of ether oxygens (including phenoxy) is 2. The second-order valence-corrected chi connectivity index (χ2v) is 4.59. The lowest BCUT2D eigenvalue weighted by atomic mass is 9.82. The largest absolute Gasteiger partial charge is 0.380 e. The Hall–Kier alpha value is -0.900. The van der Waals surface area contributed by atoms with Crippen LogP contribution in [0.25, 0.3) is 0 Å². The molecule has 18 heavy (non-hydrogen) atoms. The van der Waals surface area contributed by atoms with E-state index in [0.29, 0.717) is 13.2 Å². The van der Waals surface area contributed by atoms with Gasteiger partial charge in [-0.2, -0.15) is 0 Å². The van der Waals surface area contributed by atoms with Gasteiger partial charge in [-0.3, -0.25) is 0 Å². The molecule has 0 saturated heterocycles. The van der Waals surface area contributed by atoms with E-state index in [1.807, 2.05) is 58.0 Å². The van der Waals surface area contributed by atoms with Crippen LogP contribution in [-0.2, 0) is 15.1 Å². The van der Waals surface area contributed by atoms with Crippen molar-refractivity contribution in [3.8, 4) is 0 Å². The van der Waals surface area contributed by atoms with Gasteiger partial charge in [-0.1, -0.05) is 44.2 Å². The average Bonchev–Trinajstić information content (AvgIpc) is 2.38. The third kappa shape index (κ3) is 3.10. The molecule has 1 atom stereocenters. The van der Waals surface area contributed by atoms with Gasteiger partial charge in [-0.15, -0.1) is 0 Å². The van der Waals surface area contributed by atoms with E-state index in [4.69, 9.17) is 9.47 Å². The summed E-state index contributed by atoms with van der Waals surface area (Å²) in [5.41, 5.74) is -0.306. The zero-order chi connectivity index (χ0) is 13.6. The number of rotatable bonds is 7. The zero-order valence-electron chi connectivity index (χ0n) is 11.7. The molecule has 0 spiro atoms. The Morgan fingerprint density at radius 3 is 1.94 bits per heavy atom. The van der Waals surface area contributed by atoms with Gasteiger partial charge in [-0.25, -0.2) is 0 Å². The van der Waals surface area contributed by atoms with Gasteiger partial charge in [0, 0.05) is 13.2 Å². The minimum atomic E-state index is -1.13. The van der Waals surface area contributed by atoms with E-state index < -0.39 is 11.9 Å². The molecule has 0 aliphatic carbocycles. The third-order valence-electron chi connectivity index (χ3n) is 3.11. The van der Waals surface area contributed by atoms with Crippen molar-refractivity contribution in [1.82, 2.24) is 0 Å². The molecule has 1 N–H and O–H groups in total. The molecular formula is C15H24O3. The van der Waals surface area contributed by atoms with Gasteiger partial charge in [0.1, 0.15) is 5.60 Å². The van der Waals surface area contributed by atoms with Crippen LogP contribution in [0.4, 0.5) is 0 Å². The van der Waals surface area contributed by atoms with Crippen molar-refractivity contribution in [3.63, 3.8) is 0 Å². The van der Waals surface area contributed by atoms with Crippen LogP contribution in [0.1, 0.15) is 33.3 Å². The van der Waals surface area contributed by atoms with E-state index in [-0.39, 0.29) is 5.92 Å². The number of aliphatic hydroxyl groups is 1. The highest BCUT2D eigenvalue weighted by Crippen LogP contribution is 2.35. The Labute approximate surface area is 110 Å². The second-order valence-electron chi connectivity index (χ2n) is 4.59. The highest BCUT2D eigenvalue weighted by Gasteiger charge is 2.43. The van der Waals surface area contributed by atoms with Gasteiger partial charge in [0.05, 0.1) is 0 Å². The van der Waals surface area contributed by atoms with Crippen LogP contribution in [0.5, 0.6) is 0 Å². The van der Waals surface area contributed by atoms with Crippen molar-refractivity contribution in [1.29, 1.82) is 0 Å². The molecule has 0 amide bonds. The van der Waals surface area contributed by atoms with Crippen LogP contribution in [0.2, 0.25) is 0 Å². The predicted octanol–water partition coefficient (Wildman–Crippen LogP) is 2.93. The molecule has 0 heterocycles. The zero-order valence-corrected chi connectivity index (χ0v) is 11.7. The van der Waals surface area contributed by atoms with E-state index in [2.05, 4.69) is 0 Å². The molecule has 0 radical (unpaired) electrons. The molecule has 0 saturated carbocycles. The summed E-state index contributed by atoms with van der Waals surface area (Å²) in [5, 5.41) is 11.0. The summed E-state index contributed by atoms with van der Waals surface area (Å²) in [6, 6.07) is 9.58. The normalized spacial score (nSPS) is 15.1. The Kier molecular flexibility index (Phi) is 5.79. The van der Waals surface area contributed by atoms with Crippen LogP contribution in [0.3, 0.4) is 0 Å². The fourth-order valence-electron chi connectivity index (χ4n) is 2.05. The molecular weight excluding hydrogens is 228 g/mol. The van der Waals surface area contributed by atoms with Gasteiger partial charge in [0.15, 0.2) is 6.29 Å². The summed E-state index contributed by atoms with van der Waals surface area (Å²) in [7, 11) is 0. The van der Waals surface area contributed by atoms with Gasteiger partial charge >= 0.3 is 0 Å². The fourth-order valence-corrected chi connectivity index (χ4v) is 2.05. The van der Waals surface area contributed by atoms with E-state index >= 15 is 0 Å². The molecule has 1 aromatic carbocycles. The van der Waals surface area contributed by atoms with Crippen molar-refractivity contribution in [2.24, 2.45) is 5.92 Å². The molecule has 0 aromatic heterocycles. The molecule has 0 aliphatic rings. The predicted molar refractivity (Wildman–Crippen MR) is 72.2 cm³/mol. The summed E-state index contributed by atoms with van der Waals surface area (Å²) < 4.78 is 11.2. The number of hydrogen-bond donors (Lipinski definition) is 1. The van der Waals surface area contributed by atoms with Crippen LogP contribution < -0.4 is 0 Å². The highest BCUT2D eigenvalue weighted by atomic mass is 16.7. The van der Waals surface area contributed by atoms with E-state index in [1.165, 1.54) is 0 Å². The standard InChI is InChI=1S/C15H24O3/c1-5-17-14(18-6-2)15(16,12(3)4)13-10-8-7-9-11-13/h7-12,14,16H,5-6H2,1-4H3. The minimum Gasteiger partial charge on any atom is -0.380 e. The number of hydrogen-bond acceptors (Lipinski definition) is 3. The summed E-state index contributed by atoms with van der Waals surface area (Å²) in [6.45, 7) is 8.75. The maximum atomic E-state index is 11.0. The first kappa shape index (κ1) is 15.2. The van der Waals surface area contributed by atoms with E-state index in [1.54, 1.807) is 0 Å².